The number of carbonyl (C=O) groups is 3. The zero-order valence-corrected chi connectivity index (χ0v) is 54.2. The summed E-state index contributed by atoms with van der Waals surface area (Å²) >= 11 is 0. The van der Waals surface area contributed by atoms with Crippen molar-refractivity contribution in [2.75, 3.05) is 47.5 Å². The fourth-order valence-corrected chi connectivity index (χ4v) is 10.2. The third kappa shape index (κ3) is 64.7. The molecule has 0 N–H and O–H groups in total. The Hall–Kier alpha value is -2.75. The second kappa shape index (κ2) is 63.3. The average molecular weight is 1140 g/mol. The number of unbranched alkanes of at least 4 members (excludes halogenated alkanes) is 42. The number of carboxylic acid groups (broad SMARTS) is 1. The van der Waals surface area contributed by atoms with Gasteiger partial charge in [0.15, 0.2) is 12.4 Å². The van der Waals surface area contributed by atoms with E-state index in [9.17, 15) is 19.5 Å². The maximum atomic E-state index is 12.9. The predicted octanol–water partition coefficient (Wildman–Crippen LogP) is 20.0. The van der Waals surface area contributed by atoms with Gasteiger partial charge in [0, 0.05) is 12.8 Å². The molecule has 0 aromatic rings. The summed E-state index contributed by atoms with van der Waals surface area (Å²) in [6, 6.07) is 0. The van der Waals surface area contributed by atoms with Gasteiger partial charge in [-0.15, -0.1) is 0 Å². The first-order chi connectivity index (χ1) is 39.6. The number of nitrogens with zero attached hydrogens (tertiary/aromatic N) is 1. The molecule has 9 heteroatoms. The van der Waals surface area contributed by atoms with Crippen molar-refractivity contribution in [1.29, 1.82) is 0 Å². The van der Waals surface area contributed by atoms with Crippen molar-refractivity contribution in [3.05, 3.63) is 48.6 Å². The number of allylic oxidation sites excluding steroid dienone is 8. The molecule has 2 atom stereocenters. The molecular formula is C72H133NO8. The van der Waals surface area contributed by atoms with Crippen molar-refractivity contribution in [2.24, 2.45) is 0 Å². The van der Waals surface area contributed by atoms with E-state index in [1.54, 1.807) is 0 Å². The van der Waals surface area contributed by atoms with Crippen molar-refractivity contribution >= 4 is 17.9 Å². The number of carboxylic acids is 1. The molecule has 0 bridgehead atoms. The summed E-state index contributed by atoms with van der Waals surface area (Å²) in [6.07, 6.45) is 78.0. The lowest BCUT2D eigenvalue weighted by Crippen LogP contribution is -2.44. The highest BCUT2D eigenvalue weighted by Gasteiger charge is 2.22. The summed E-state index contributed by atoms with van der Waals surface area (Å²) in [7, 11) is 5.93. The van der Waals surface area contributed by atoms with Crippen LogP contribution in [0.5, 0.6) is 0 Å². The standard InChI is InChI=1S/C72H133NO8/c1-6-8-10-12-14-16-18-20-22-23-24-25-26-27-28-29-30-31-32-33-34-35-36-37-38-39-40-41-42-43-44-45-46-47-49-51-53-55-57-59-61-63-70(75)81-68(67-80-72(71(76)77)78-65-64-73(3,4)5)66-79-69(74)62-60-58-56-54-52-50-48-21-19-17-15-13-11-9-7-2/h15,17-18,20-21,23-24,48,68,72H,6-14,16,19,22,25-47,49-67H2,1-5H3/b17-15-,20-18-,24-23-,48-21-. The molecule has 0 aliphatic heterocycles. The SMILES string of the molecule is CCCCC/C=C\C/C=C\CCCCCCCC(=O)OCC(COC(OCC[N+](C)(C)C)C(=O)[O-])OC(=O)CCCCCCCCCCCCCCCCCCCCCCCCCCCCCCC/C=C\C/C=C\CCCCCCC. The molecule has 0 aromatic carbocycles. The van der Waals surface area contributed by atoms with Gasteiger partial charge in [0.1, 0.15) is 13.2 Å². The smallest absolute Gasteiger partial charge is 0.306 e. The first kappa shape index (κ1) is 78.2. The van der Waals surface area contributed by atoms with Gasteiger partial charge in [-0.3, -0.25) is 9.59 Å². The lowest BCUT2D eigenvalue weighted by Gasteiger charge is -2.26. The fourth-order valence-electron chi connectivity index (χ4n) is 10.2. The third-order valence-electron chi connectivity index (χ3n) is 15.5. The fraction of sp³-hybridized carbons (Fsp3) is 0.847. The number of rotatable bonds is 65. The van der Waals surface area contributed by atoms with Crippen LogP contribution in [-0.4, -0.2) is 82.3 Å². The Bertz CT molecular complexity index is 1470. The van der Waals surface area contributed by atoms with Gasteiger partial charge in [-0.1, -0.05) is 294 Å². The molecule has 0 saturated carbocycles. The normalized spacial score (nSPS) is 13.0. The number of ether oxygens (including phenoxy) is 4. The Morgan fingerprint density at radius 2 is 0.667 bits per heavy atom. The third-order valence-corrected chi connectivity index (χ3v) is 15.5. The lowest BCUT2D eigenvalue weighted by molar-refractivity contribution is -0.870. The molecule has 0 aromatic heterocycles. The summed E-state index contributed by atoms with van der Waals surface area (Å²) < 4.78 is 22.7. The first-order valence-electron chi connectivity index (χ1n) is 34.8. The number of likely N-dealkylation sites (N-methyl/N-ethyl adjacent to an activating group) is 1. The Kier molecular flexibility index (Phi) is 61.1. The van der Waals surface area contributed by atoms with Crippen LogP contribution >= 0.6 is 0 Å². The number of quaternary nitrogens is 1. The molecule has 0 heterocycles. The quantitative estimate of drug-likeness (QED) is 0.0195. The van der Waals surface area contributed by atoms with Gasteiger partial charge < -0.3 is 33.3 Å². The minimum Gasteiger partial charge on any atom is -0.545 e. The Morgan fingerprint density at radius 3 is 1.00 bits per heavy atom. The van der Waals surface area contributed by atoms with Crippen molar-refractivity contribution in [3.8, 4) is 0 Å². The summed E-state index contributed by atoms with van der Waals surface area (Å²) in [5, 5.41) is 11.8. The van der Waals surface area contributed by atoms with Crippen LogP contribution in [0, 0.1) is 0 Å². The van der Waals surface area contributed by atoms with Crippen LogP contribution in [0.1, 0.15) is 335 Å². The van der Waals surface area contributed by atoms with E-state index in [4.69, 9.17) is 18.9 Å². The van der Waals surface area contributed by atoms with Crippen LogP contribution in [0.3, 0.4) is 0 Å². The highest BCUT2D eigenvalue weighted by atomic mass is 16.7. The zero-order chi connectivity index (χ0) is 59.1. The van der Waals surface area contributed by atoms with Crippen LogP contribution in [0.4, 0.5) is 0 Å². The number of esters is 2. The summed E-state index contributed by atoms with van der Waals surface area (Å²) in [5.41, 5.74) is 0. The van der Waals surface area contributed by atoms with Crippen LogP contribution < -0.4 is 5.11 Å². The molecular weight excluding hydrogens is 1010 g/mol. The second-order valence-corrected chi connectivity index (χ2v) is 24.8. The maximum Gasteiger partial charge on any atom is 0.306 e. The average Bonchev–Trinajstić information content (AvgIpc) is 3.44. The van der Waals surface area contributed by atoms with Crippen LogP contribution in [0.25, 0.3) is 0 Å². The Morgan fingerprint density at radius 1 is 0.370 bits per heavy atom. The number of aliphatic carboxylic acids is 1. The zero-order valence-electron chi connectivity index (χ0n) is 54.2. The van der Waals surface area contributed by atoms with E-state index in [1.807, 2.05) is 21.1 Å². The lowest BCUT2D eigenvalue weighted by atomic mass is 10.0. The molecule has 0 amide bonds. The molecule has 0 spiro atoms. The Balaban J connectivity index is 3.91. The van der Waals surface area contributed by atoms with Crippen LogP contribution in [-0.2, 0) is 33.3 Å². The van der Waals surface area contributed by atoms with E-state index in [0.717, 1.165) is 64.2 Å². The summed E-state index contributed by atoms with van der Waals surface area (Å²) in [5.74, 6) is -2.28. The molecule has 0 fully saturated rings. The van der Waals surface area contributed by atoms with E-state index < -0.39 is 24.3 Å². The summed E-state index contributed by atoms with van der Waals surface area (Å²) in [6.45, 7) is 4.73. The van der Waals surface area contributed by atoms with E-state index in [1.165, 1.54) is 238 Å². The van der Waals surface area contributed by atoms with Crippen LogP contribution in [0.15, 0.2) is 48.6 Å². The van der Waals surface area contributed by atoms with Crippen molar-refractivity contribution in [3.63, 3.8) is 0 Å². The monoisotopic (exact) mass is 1140 g/mol. The minimum absolute atomic E-state index is 0.147. The van der Waals surface area contributed by atoms with E-state index in [-0.39, 0.29) is 38.6 Å². The van der Waals surface area contributed by atoms with E-state index in [2.05, 4.69) is 62.5 Å². The van der Waals surface area contributed by atoms with Gasteiger partial charge >= 0.3 is 11.9 Å². The Labute approximate surface area is 502 Å². The van der Waals surface area contributed by atoms with E-state index >= 15 is 0 Å². The van der Waals surface area contributed by atoms with E-state index in [0.29, 0.717) is 17.4 Å². The molecule has 81 heavy (non-hydrogen) atoms. The highest BCUT2D eigenvalue weighted by molar-refractivity contribution is 5.70. The molecule has 0 radical (unpaired) electrons. The number of hydrogen-bond donors (Lipinski definition) is 0. The highest BCUT2D eigenvalue weighted by Crippen LogP contribution is 2.18. The minimum atomic E-state index is -1.62. The number of hydrogen-bond acceptors (Lipinski definition) is 8. The van der Waals surface area contributed by atoms with Crippen molar-refractivity contribution in [1.82, 2.24) is 0 Å². The van der Waals surface area contributed by atoms with Crippen molar-refractivity contribution in [2.45, 2.75) is 347 Å². The molecule has 0 saturated heterocycles. The molecule has 0 aliphatic carbocycles. The van der Waals surface area contributed by atoms with Gasteiger partial charge in [0.2, 0.25) is 0 Å². The van der Waals surface area contributed by atoms with Gasteiger partial charge in [-0.2, -0.15) is 0 Å². The molecule has 0 rings (SSSR count). The maximum absolute atomic E-state index is 12.9. The molecule has 474 valence electrons. The first-order valence-corrected chi connectivity index (χ1v) is 34.8. The molecule has 9 nitrogen and oxygen atoms in total. The predicted molar refractivity (Wildman–Crippen MR) is 343 cm³/mol. The van der Waals surface area contributed by atoms with Crippen LogP contribution in [0.2, 0.25) is 0 Å². The summed E-state index contributed by atoms with van der Waals surface area (Å²) in [4.78, 5) is 37.3. The molecule has 2 unspecified atom stereocenters. The second-order valence-electron chi connectivity index (χ2n) is 24.8. The largest absolute Gasteiger partial charge is 0.545 e. The van der Waals surface area contributed by atoms with Gasteiger partial charge in [-0.25, -0.2) is 0 Å². The van der Waals surface area contributed by atoms with Gasteiger partial charge in [0.05, 0.1) is 40.3 Å². The van der Waals surface area contributed by atoms with Gasteiger partial charge in [0.25, 0.3) is 0 Å². The van der Waals surface area contributed by atoms with Gasteiger partial charge in [-0.05, 0) is 77.0 Å². The molecule has 0 aliphatic rings. The van der Waals surface area contributed by atoms with Crippen molar-refractivity contribution < 1.29 is 42.9 Å². The number of carbonyl (C=O) groups excluding carboxylic acids is 3. The topological polar surface area (TPSA) is 111 Å².